The molecule has 0 fully saturated rings. The summed E-state index contributed by atoms with van der Waals surface area (Å²) in [6.45, 7) is 6.92. The van der Waals surface area contributed by atoms with Gasteiger partial charge in [0.15, 0.2) is 0 Å². The van der Waals surface area contributed by atoms with Crippen LogP contribution in [-0.2, 0) is 0 Å². The van der Waals surface area contributed by atoms with E-state index >= 15 is 0 Å². The smallest absolute Gasteiger partial charge is 0.122 e. The Bertz CT molecular complexity index is 276. The topological polar surface area (TPSA) is 41.6 Å². The van der Waals surface area contributed by atoms with Crippen molar-refractivity contribution < 1.29 is 0 Å². The van der Waals surface area contributed by atoms with E-state index in [0.717, 1.165) is 12.1 Å². The standard InChI is InChI=1S/C11H19N3/c1-9-8-10(2)14(11(3)13-9)7-5-4-6-12/h5,7-8,11H,4,6,12H2,1-3H3/b7-5-/t11-/m1/s1. The summed E-state index contributed by atoms with van der Waals surface area (Å²) in [6.07, 6.45) is 7.36. The molecule has 0 aromatic rings. The summed E-state index contributed by atoms with van der Waals surface area (Å²) in [4.78, 5) is 6.63. The van der Waals surface area contributed by atoms with Crippen LogP contribution in [0.15, 0.2) is 29.0 Å². The fraction of sp³-hybridized carbons (Fsp3) is 0.545. The fourth-order valence-electron chi connectivity index (χ4n) is 1.59. The van der Waals surface area contributed by atoms with Crippen LogP contribution in [0.1, 0.15) is 27.2 Å². The van der Waals surface area contributed by atoms with Gasteiger partial charge in [0.1, 0.15) is 6.17 Å². The number of nitrogens with zero attached hydrogens (tertiary/aromatic N) is 2. The molecule has 0 amide bonds. The minimum atomic E-state index is 0.203. The lowest BCUT2D eigenvalue weighted by atomic mass is 10.2. The zero-order chi connectivity index (χ0) is 10.6. The average Bonchev–Trinajstić information content (AvgIpc) is 2.09. The summed E-state index contributed by atoms with van der Waals surface area (Å²) in [5.41, 5.74) is 7.75. The zero-order valence-electron chi connectivity index (χ0n) is 9.20. The van der Waals surface area contributed by atoms with Crippen molar-refractivity contribution >= 4 is 5.71 Å². The Hall–Kier alpha value is -1.09. The van der Waals surface area contributed by atoms with E-state index in [-0.39, 0.29) is 6.17 Å². The number of allylic oxidation sites excluding steroid dienone is 2. The van der Waals surface area contributed by atoms with E-state index < -0.39 is 0 Å². The van der Waals surface area contributed by atoms with Crippen molar-refractivity contribution in [1.82, 2.24) is 4.90 Å². The van der Waals surface area contributed by atoms with Crippen molar-refractivity contribution in [1.29, 1.82) is 0 Å². The number of nitrogens with two attached hydrogens (primary N) is 1. The average molecular weight is 193 g/mol. The van der Waals surface area contributed by atoms with Gasteiger partial charge in [-0.15, -0.1) is 0 Å². The van der Waals surface area contributed by atoms with Crippen LogP contribution in [0.3, 0.4) is 0 Å². The molecule has 3 heteroatoms. The maximum absolute atomic E-state index is 5.42. The maximum atomic E-state index is 5.42. The highest BCUT2D eigenvalue weighted by atomic mass is 15.2. The summed E-state index contributed by atoms with van der Waals surface area (Å²) < 4.78 is 0. The lowest BCUT2D eigenvalue weighted by Crippen LogP contribution is -2.29. The number of rotatable bonds is 3. The first-order valence-corrected chi connectivity index (χ1v) is 5.03. The van der Waals surface area contributed by atoms with E-state index in [0.29, 0.717) is 6.54 Å². The van der Waals surface area contributed by atoms with Gasteiger partial charge in [-0.3, -0.25) is 4.99 Å². The third kappa shape index (κ3) is 2.70. The van der Waals surface area contributed by atoms with E-state index in [1.165, 1.54) is 5.70 Å². The van der Waals surface area contributed by atoms with Crippen LogP contribution < -0.4 is 5.73 Å². The molecule has 78 valence electrons. The lowest BCUT2D eigenvalue weighted by molar-refractivity contribution is 0.366. The van der Waals surface area contributed by atoms with Gasteiger partial charge in [-0.25, -0.2) is 0 Å². The van der Waals surface area contributed by atoms with Crippen molar-refractivity contribution in [2.24, 2.45) is 10.7 Å². The lowest BCUT2D eigenvalue weighted by Gasteiger charge is -2.29. The molecule has 0 aliphatic carbocycles. The third-order valence-electron chi connectivity index (χ3n) is 2.22. The second-order valence-electron chi connectivity index (χ2n) is 3.56. The summed E-state index contributed by atoms with van der Waals surface area (Å²) in [5.74, 6) is 0. The van der Waals surface area contributed by atoms with Crippen LogP contribution in [0.2, 0.25) is 0 Å². The Morgan fingerprint density at radius 2 is 2.29 bits per heavy atom. The number of hydrogen-bond donors (Lipinski definition) is 1. The summed E-state index contributed by atoms with van der Waals surface area (Å²) in [5, 5.41) is 0. The molecule has 0 saturated heterocycles. The van der Waals surface area contributed by atoms with Gasteiger partial charge in [0.05, 0.1) is 0 Å². The molecule has 14 heavy (non-hydrogen) atoms. The Morgan fingerprint density at radius 1 is 1.57 bits per heavy atom. The van der Waals surface area contributed by atoms with Gasteiger partial charge in [0.25, 0.3) is 0 Å². The van der Waals surface area contributed by atoms with Gasteiger partial charge in [-0.1, -0.05) is 6.08 Å². The molecule has 0 saturated carbocycles. The molecule has 1 atom stereocenters. The van der Waals surface area contributed by atoms with E-state index in [1.807, 2.05) is 6.92 Å². The van der Waals surface area contributed by atoms with Crippen molar-refractivity contribution in [2.45, 2.75) is 33.4 Å². The monoisotopic (exact) mass is 193 g/mol. The van der Waals surface area contributed by atoms with Gasteiger partial charge >= 0.3 is 0 Å². The summed E-state index contributed by atoms with van der Waals surface area (Å²) in [7, 11) is 0. The van der Waals surface area contributed by atoms with Gasteiger partial charge in [-0.05, 0) is 39.8 Å². The van der Waals surface area contributed by atoms with Crippen molar-refractivity contribution in [3.05, 3.63) is 24.0 Å². The van der Waals surface area contributed by atoms with Crippen molar-refractivity contribution in [3.8, 4) is 0 Å². The molecular weight excluding hydrogens is 174 g/mol. The Labute approximate surface area is 86.0 Å². The SMILES string of the molecule is CC1=CC(C)=N[C@@H](C)N1/C=C\CCN. The molecule has 2 N–H and O–H groups in total. The minimum Gasteiger partial charge on any atom is -0.330 e. The molecule has 3 nitrogen and oxygen atoms in total. The van der Waals surface area contributed by atoms with E-state index in [9.17, 15) is 0 Å². The Morgan fingerprint density at radius 3 is 2.86 bits per heavy atom. The first-order chi connectivity index (χ1) is 6.65. The van der Waals surface area contributed by atoms with Crippen LogP contribution in [0.25, 0.3) is 0 Å². The van der Waals surface area contributed by atoms with Crippen LogP contribution >= 0.6 is 0 Å². The largest absolute Gasteiger partial charge is 0.330 e. The van der Waals surface area contributed by atoms with Gasteiger partial charge in [-0.2, -0.15) is 0 Å². The number of aliphatic imine (C=N–C) groups is 1. The highest BCUT2D eigenvalue weighted by Gasteiger charge is 2.14. The minimum absolute atomic E-state index is 0.203. The Balaban J connectivity index is 2.67. The van der Waals surface area contributed by atoms with E-state index in [1.54, 1.807) is 0 Å². The highest BCUT2D eigenvalue weighted by Crippen LogP contribution is 2.16. The fourth-order valence-corrected chi connectivity index (χ4v) is 1.59. The van der Waals surface area contributed by atoms with E-state index in [2.05, 4.69) is 42.1 Å². The molecule has 0 aromatic carbocycles. The predicted octanol–water partition coefficient (Wildman–Crippen LogP) is 1.88. The predicted molar refractivity (Wildman–Crippen MR) is 61.0 cm³/mol. The third-order valence-corrected chi connectivity index (χ3v) is 2.22. The number of hydrogen-bond acceptors (Lipinski definition) is 3. The molecule has 1 aliphatic rings. The van der Waals surface area contributed by atoms with Crippen molar-refractivity contribution in [3.63, 3.8) is 0 Å². The molecule has 0 spiro atoms. The van der Waals surface area contributed by atoms with Crippen LogP contribution in [0.4, 0.5) is 0 Å². The van der Waals surface area contributed by atoms with Gasteiger partial charge < -0.3 is 10.6 Å². The van der Waals surface area contributed by atoms with Crippen LogP contribution in [0.5, 0.6) is 0 Å². The maximum Gasteiger partial charge on any atom is 0.122 e. The quantitative estimate of drug-likeness (QED) is 0.743. The first-order valence-electron chi connectivity index (χ1n) is 5.03. The van der Waals surface area contributed by atoms with Crippen LogP contribution in [-0.4, -0.2) is 23.3 Å². The van der Waals surface area contributed by atoms with Crippen molar-refractivity contribution in [2.75, 3.05) is 6.54 Å². The molecule has 0 aromatic heterocycles. The van der Waals surface area contributed by atoms with Gasteiger partial charge in [0, 0.05) is 17.6 Å². The second-order valence-corrected chi connectivity index (χ2v) is 3.56. The molecule has 1 rings (SSSR count). The molecule has 0 unspecified atom stereocenters. The van der Waals surface area contributed by atoms with Gasteiger partial charge in [0.2, 0.25) is 0 Å². The molecule has 1 heterocycles. The second kappa shape index (κ2) is 4.96. The first kappa shape index (κ1) is 11.0. The molecule has 1 aliphatic heterocycles. The Kier molecular flexibility index (Phi) is 3.89. The normalized spacial score (nSPS) is 22.6. The molecular formula is C11H19N3. The molecule has 0 radical (unpaired) electrons. The molecule has 0 bridgehead atoms. The zero-order valence-corrected chi connectivity index (χ0v) is 9.20. The van der Waals surface area contributed by atoms with E-state index in [4.69, 9.17) is 5.73 Å². The van der Waals surface area contributed by atoms with Crippen LogP contribution in [0, 0.1) is 0 Å². The highest BCUT2D eigenvalue weighted by molar-refractivity contribution is 5.94. The summed E-state index contributed by atoms with van der Waals surface area (Å²) in [6, 6.07) is 0. The summed E-state index contributed by atoms with van der Waals surface area (Å²) >= 11 is 0.